The zero-order valence-electron chi connectivity index (χ0n) is 18.7. The van der Waals surface area contributed by atoms with Gasteiger partial charge in [0, 0.05) is 23.2 Å². The maximum Gasteiger partial charge on any atom is 0.434 e. The summed E-state index contributed by atoms with van der Waals surface area (Å²) in [5.41, 5.74) is 1.77. The Morgan fingerprint density at radius 1 is 1.12 bits per heavy atom. The van der Waals surface area contributed by atoms with Crippen LogP contribution in [0.4, 0.5) is 18.9 Å². The number of alkyl halides is 3. The smallest absolute Gasteiger partial charge is 0.320 e. The molecular formula is C23H25F3N6OS. The Bertz CT molecular complexity index is 1110. The van der Waals surface area contributed by atoms with Gasteiger partial charge in [-0.05, 0) is 75.3 Å². The molecule has 1 aliphatic rings. The van der Waals surface area contributed by atoms with Crippen molar-refractivity contribution in [3.05, 3.63) is 63.9 Å². The lowest BCUT2D eigenvalue weighted by atomic mass is 9.92. The van der Waals surface area contributed by atoms with Crippen LogP contribution in [0.5, 0.6) is 0 Å². The Balaban J connectivity index is 1.38. The number of aryl methyl sites for hydroxylation is 2. The van der Waals surface area contributed by atoms with Crippen LogP contribution in [0.3, 0.4) is 0 Å². The van der Waals surface area contributed by atoms with Gasteiger partial charge in [-0.25, -0.2) is 4.98 Å². The fraction of sp³-hybridized carbons (Fsp3) is 0.435. The van der Waals surface area contributed by atoms with Gasteiger partial charge >= 0.3 is 6.18 Å². The van der Waals surface area contributed by atoms with Gasteiger partial charge in [-0.3, -0.25) is 14.8 Å². The third kappa shape index (κ3) is 6.15. The van der Waals surface area contributed by atoms with Gasteiger partial charge in [0.25, 0.3) is 5.91 Å². The van der Waals surface area contributed by atoms with Gasteiger partial charge in [0.05, 0.1) is 35.0 Å². The highest BCUT2D eigenvalue weighted by atomic mass is 32.1. The highest BCUT2D eigenvalue weighted by Gasteiger charge is 2.32. The van der Waals surface area contributed by atoms with Gasteiger partial charge in [0.2, 0.25) is 0 Å². The minimum Gasteiger partial charge on any atom is -0.320 e. The summed E-state index contributed by atoms with van der Waals surface area (Å²) in [7, 11) is 0. The molecular weight excluding hydrogens is 465 g/mol. The minimum atomic E-state index is -4.55. The SMILES string of the molecule is Cc1nsc(Cc2cnc(C(F)(F)F)cn2)c1C(=O)Nc1ccc(CCC2CCNCC2)nc1. The van der Waals surface area contributed by atoms with Gasteiger partial charge in [-0.2, -0.15) is 17.5 Å². The molecule has 0 saturated carbocycles. The van der Waals surface area contributed by atoms with E-state index in [0.717, 1.165) is 55.3 Å². The average Bonchev–Trinajstić information content (AvgIpc) is 3.19. The summed E-state index contributed by atoms with van der Waals surface area (Å²) in [6.45, 7) is 3.87. The molecule has 1 amide bonds. The predicted molar refractivity (Wildman–Crippen MR) is 123 cm³/mol. The van der Waals surface area contributed by atoms with Gasteiger partial charge in [0.15, 0.2) is 5.69 Å². The molecule has 0 unspecified atom stereocenters. The van der Waals surface area contributed by atoms with Gasteiger partial charge in [-0.1, -0.05) is 0 Å². The van der Waals surface area contributed by atoms with Crippen molar-refractivity contribution in [1.82, 2.24) is 24.6 Å². The van der Waals surface area contributed by atoms with E-state index < -0.39 is 11.9 Å². The maximum atomic E-state index is 12.9. The number of pyridine rings is 1. The topological polar surface area (TPSA) is 92.7 Å². The molecule has 0 aliphatic carbocycles. The number of anilines is 1. The monoisotopic (exact) mass is 490 g/mol. The highest BCUT2D eigenvalue weighted by molar-refractivity contribution is 7.06. The number of aromatic nitrogens is 4. The van der Waals surface area contributed by atoms with Crippen LogP contribution in [-0.4, -0.2) is 38.3 Å². The van der Waals surface area contributed by atoms with Crippen molar-refractivity contribution in [1.29, 1.82) is 0 Å². The second-order valence-corrected chi connectivity index (χ2v) is 9.22. The number of carbonyl (C=O) groups excluding carboxylic acids is 1. The number of halogens is 3. The number of rotatable bonds is 7. The molecule has 0 spiro atoms. The fourth-order valence-corrected chi connectivity index (χ4v) is 4.83. The number of piperidine rings is 1. The van der Waals surface area contributed by atoms with Crippen molar-refractivity contribution in [2.24, 2.45) is 5.92 Å². The van der Waals surface area contributed by atoms with Crippen LogP contribution < -0.4 is 10.6 Å². The van der Waals surface area contributed by atoms with Crippen molar-refractivity contribution in [3.63, 3.8) is 0 Å². The third-order valence-electron chi connectivity index (χ3n) is 5.85. The standard InChI is InChI=1S/C23H25F3N6OS/c1-14-21(19(34-32-14)10-18-12-30-20(13-29-18)23(24,25)26)22(33)31-17-5-4-16(28-11-17)3-2-15-6-8-27-9-7-15/h4-5,11-13,15,27H,2-3,6-10H2,1H3,(H,31,33). The molecule has 1 fully saturated rings. The van der Waals surface area contributed by atoms with Crippen LogP contribution in [0.25, 0.3) is 0 Å². The van der Waals surface area contributed by atoms with Crippen LogP contribution in [0.15, 0.2) is 30.7 Å². The van der Waals surface area contributed by atoms with Crippen molar-refractivity contribution >= 4 is 23.1 Å². The Morgan fingerprint density at radius 2 is 1.88 bits per heavy atom. The fourth-order valence-electron chi connectivity index (χ4n) is 3.95. The molecule has 2 N–H and O–H groups in total. The molecule has 3 aromatic heterocycles. The van der Waals surface area contributed by atoms with Crippen LogP contribution in [0, 0.1) is 12.8 Å². The molecule has 1 saturated heterocycles. The van der Waals surface area contributed by atoms with E-state index >= 15 is 0 Å². The summed E-state index contributed by atoms with van der Waals surface area (Å²) in [5.74, 6) is 0.384. The highest BCUT2D eigenvalue weighted by Crippen LogP contribution is 2.27. The van der Waals surface area contributed by atoms with E-state index in [1.807, 2.05) is 12.1 Å². The average molecular weight is 491 g/mol. The van der Waals surface area contributed by atoms with Crippen molar-refractivity contribution in [2.75, 3.05) is 18.4 Å². The molecule has 7 nitrogen and oxygen atoms in total. The van der Waals surface area contributed by atoms with E-state index in [9.17, 15) is 18.0 Å². The normalized spacial score (nSPS) is 14.8. The second kappa shape index (κ2) is 10.6. The number of nitrogens with zero attached hydrogens (tertiary/aromatic N) is 4. The van der Waals surface area contributed by atoms with Crippen LogP contribution in [-0.2, 0) is 19.0 Å². The molecule has 0 aromatic carbocycles. The third-order valence-corrected chi connectivity index (χ3v) is 6.78. The molecule has 0 atom stereocenters. The lowest BCUT2D eigenvalue weighted by Gasteiger charge is -2.22. The van der Waals surface area contributed by atoms with Crippen molar-refractivity contribution < 1.29 is 18.0 Å². The molecule has 3 aromatic rings. The Hall–Kier alpha value is -2.92. The Morgan fingerprint density at radius 3 is 2.53 bits per heavy atom. The first-order valence-electron chi connectivity index (χ1n) is 11.1. The number of nitrogens with one attached hydrogen (secondary N) is 2. The first-order valence-corrected chi connectivity index (χ1v) is 11.9. The van der Waals surface area contributed by atoms with Crippen LogP contribution in [0.2, 0.25) is 0 Å². The van der Waals surface area contributed by atoms with Gasteiger partial charge in [0.1, 0.15) is 0 Å². The summed E-state index contributed by atoms with van der Waals surface area (Å²) in [5, 5.41) is 6.22. The van der Waals surface area contributed by atoms with E-state index in [-0.39, 0.29) is 12.3 Å². The lowest BCUT2D eigenvalue weighted by molar-refractivity contribution is -0.141. The molecule has 4 heterocycles. The molecule has 0 bridgehead atoms. The van der Waals surface area contributed by atoms with Crippen LogP contribution in [0.1, 0.15) is 57.3 Å². The molecule has 180 valence electrons. The van der Waals surface area contributed by atoms with Crippen LogP contribution >= 0.6 is 11.5 Å². The molecule has 11 heteroatoms. The summed E-state index contributed by atoms with van der Waals surface area (Å²) in [6, 6.07) is 3.76. The maximum absolute atomic E-state index is 12.9. The number of hydrogen-bond donors (Lipinski definition) is 2. The first-order chi connectivity index (χ1) is 16.3. The molecule has 0 radical (unpaired) electrons. The molecule has 1 aliphatic heterocycles. The van der Waals surface area contributed by atoms with Crippen molar-refractivity contribution in [3.8, 4) is 0 Å². The van der Waals surface area contributed by atoms with Gasteiger partial charge < -0.3 is 10.6 Å². The molecule has 4 rings (SSSR count). The predicted octanol–water partition coefficient (Wildman–Crippen LogP) is 4.43. The zero-order chi connectivity index (χ0) is 24.1. The van der Waals surface area contributed by atoms with E-state index in [4.69, 9.17) is 0 Å². The summed E-state index contributed by atoms with van der Waals surface area (Å²) < 4.78 is 42.4. The lowest BCUT2D eigenvalue weighted by Crippen LogP contribution is -2.27. The van der Waals surface area contributed by atoms with Gasteiger partial charge in [-0.15, -0.1) is 0 Å². The largest absolute Gasteiger partial charge is 0.434 e. The first kappa shape index (κ1) is 24.2. The van der Waals surface area contributed by atoms with E-state index in [0.29, 0.717) is 33.7 Å². The summed E-state index contributed by atoms with van der Waals surface area (Å²) in [6.07, 6.45) is 3.44. The van der Waals surface area contributed by atoms with E-state index in [2.05, 4.69) is 30.0 Å². The molecule has 34 heavy (non-hydrogen) atoms. The number of amides is 1. The summed E-state index contributed by atoms with van der Waals surface area (Å²) in [4.78, 5) is 25.3. The van der Waals surface area contributed by atoms with E-state index in [1.54, 1.807) is 13.1 Å². The summed E-state index contributed by atoms with van der Waals surface area (Å²) >= 11 is 1.12. The van der Waals surface area contributed by atoms with Crippen molar-refractivity contribution in [2.45, 2.75) is 45.2 Å². The quantitative estimate of drug-likeness (QED) is 0.509. The number of hydrogen-bond acceptors (Lipinski definition) is 7. The van der Waals surface area contributed by atoms with E-state index in [1.165, 1.54) is 12.8 Å². The second-order valence-electron chi connectivity index (χ2n) is 8.36. The Kier molecular flexibility index (Phi) is 7.52. The number of carbonyl (C=O) groups is 1. The zero-order valence-corrected chi connectivity index (χ0v) is 19.5. The minimum absolute atomic E-state index is 0.160. The Labute approximate surface area is 199 Å².